The number of benzene rings is 2. The van der Waals surface area contributed by atoms with Gasteiger partial charge in [0.05, 0.1) is 13.7 Å². The average molecular weight is 344 g/mol. The highest BCUT2D eigenvalue weighted by molar-refractivity contribution is 5.93. The standard InChI is InChI=1S/C20H25FN2O2/c1-5-23(12-16-7-9-19(25-4)17(21)11-16)13-20(24)22-18-8-6-14(2)10-15(18)3/h6-11H,5,12-13H2,1-4H3,(H,22,24). The lowest BCUT2D eigenvalue weighted by atomic mass is 10.1. The summed E-state index contributed by atoms with van der Waals surface area (Å²) in [5, 5.41) is 2.94. The molecule has 1 amide bonds. The number of aryl methyl sites for hydroxylation is 2. The molecule has 0 radical (unpaired) electrons. The third kappa shape index (κ3) is 5.29. The molecule has 0 aliphatic carbocycles. The summed E-state index contributed by atoms with van der Waals surface area (Å²) >= 11 is 0. The van der Waals surface area contributed by atoms with Crippen LogP contribution in [-0.4, -0.2) is 31.0 Å². The molecule has 134 valence electrons. The number of hydrogen-bond donors (Lipinski definition) is 1. The molecule has 2 rings (SSSR count). The van der Waals surface area contributed by atoms with Gasteiger partial charge in [-0.15, -0.1) is 0 Å². The molecule has 4 nitrogen and oxygen atoms in total. The van der Waals surface area contributed by atoms with E-state index in [1.807, 2.05) is 49.9 Å². The van der Waals surface area contributed by atoms with Gasteiger partial charge in [0.25, 0.3) is 0 Å². The Bertz CT molecular complexity index is 746. The number of nitrogens with zero attached hydrogens (tertiary/aromatic N) is 1. The summed E-state index contributed by atoms with van der Waals surface area (Å²) in [7, 11) is 1.44. The van der Waals surface area contributed by atoms with Gasteiger partial charge < -0.3 is 10.1 Å². The number of carbonyl (C=O) groups excluding carboxylic acids is 1. The van der Waals surface area contributed by atoms with Crippen LogP contribution in [0.25, 0.3) is 0 Å². The number of rotatable bonds is 7. The van der Waals surface area contributed by atoms with Crippen LogP contribution in [0.4, 0.5) is 10.1 Å². The normalized spacial score (nSPS) is 10.8. The van der Waals surface area contributed by atoms with E-state index in [9.17, 15) is 9.18 Å². The van der Waals surface area contributed by atoms with E-state index in [-0.39, 0.29) is 18.2 Å². The van der Waals surface area contributed by atoms with Crippen molar-refractivity contribution in [3.63, 3.8) is 0 Å². The number of amides is 1. The first-order chi connectivity index (χ1) is 11.9. The fourth-order valence-electron chi connectivity index (χ4n) is 2.69. The summed E-state index contributed by atoms with van der Waals surface area (Å²) in [5.41, 5.74) is 3.82. The second kappa shape index (κ2) is 8.62. The summed E-state index contributed by atoms with van der Waals surface area (Å²) in [6.07, 6.45) is 0. The minimum Gasteiger partial charge on any atom is -0.494 e. The number of ether oxygens (including phenoxy) is 1. The molecule has 0 saturated carbocycles. The van der Waals surface area contributed by atoms with Crippen LogP contribution in [0.15, 0.2) is 36.4 Å². The van der Waals surface area contributed by atoms with Gasteiger partial charge in [-0.2, -0.15) is 0 Å². The topological polar surface area (TPSA) is 41.6 Å². The summed E-state index contributed by atoms with van der Waals surface area (Å²) in [6.45, 7) is 7.40. The number of carbonyl (C=O) groups is 1. The van der Waals surface area contributed by atoms with E-state index in [0.29, 0.717) is 13.1 Å². The predicted octanol–water partition coefficient (Wildman–Crippen LogP) is 3.91. The van der Waals surface area contributed by atoms with Crippen LogP contribution in [0.5, 0.6) is 5.75 Å². The lowest BCUT2D eigenvalue weighted by molar-refractivity contribution is -0.117. The molecule has 0 spiro atoms. The van der Waals surface area contributed by atoms with E-state index in [1.165, 1.54) is 13.2 Å². The van der Waals surface area contributed by atoms with Gasteiger partial charge in [-0.1, -0.05) is 30.7 Å². The van der Waals surface area contributed by atoms with Crippen molar-refractivity contribution in [2.75, 3.05) is 25.5 Å². The highest BCUT2D eigenvalue weighted by Crippen LogP contribution is 2.19. The monoisotopic (exact) mass is 344 g/mol. The molecule has 0 unspecified atom stereocenters. The summed E-state index contributed by atoms with van der Waals surface area (Å²) in [5.74, 6) is -0.252. The van der Waals surface area contributed by atoms with Gasteiger partial charge in [0.2, 0.25) is 5.91 Å². The molecule has 0 aromatic heterocycles. The van der Waals surface area contributed by atoms with E-state index >= 15 is 0 Å². The summed E-state index contributed by atoms with van der Waals surface area (Å²) in [6, 6.07) is 10.8. The summed E-state index contributed by atoms with van der Waals surface area (Å²) < 4.78 is 18.7. The van der Waals surface area contributed by atoms with Crippen molar-refractivity contribution in [3.05, 3.63) is 58.9 Å². The first kappa shape index (κ1) is 18.9. The van der Waals surface area contributed by atoms with Crippen LogP contribution in [0, 0.1) is 19.7 Å². The smallest absolute Gasteiger partial charge is 0.238 e. The number of methoxy groups -OCH3 is 1. The van der Waals surface area contributed by atoms with E-state index in [2.05, 4.69) is 5.32 Å². The van der Waals surface area contributed by atoms with E-state index in [0.717, 1.165) is 22.4 Å². The number of nitrogens with one attached hydrogen (secondary N) is 1. The fraction of sp³-hybridized carbons (Fsp3) is 0.350. The molecule has 5 heteroatoms. The zero-order valence-electron chi connectivity index (χ0n) is 15.2. The first-order valence-corrected chi connectivity index (χ1v) is 8.34. The number of anilines is 1. The Balaban J connectivity index is 1.98. The Morgan fingerprint density at radius 3 is 2.56 bits per heavy atom. The van der Waals surface area contributed by atoms with Crippen LogP contribution in [-0.2, 0) is 11.3 Å². The Morgan fingerprint density at radius 1 is 1.20 bits per heavy atom. The first-order valence-electron chi connectivity index (χ1n) is 8.34. The third-order valence-electron chi connectivity index (χ3n) is 4.09. The second-order valence-electron chi connectivity index (χ2n) is 6.14. The minimum absolute atomic E-state index is 0.0808. The van der Waals surface area contributed by atoms with Crippen molar-refractivity contribution in [3.8, 4) is 5.75 Å². The number of likely N-dealkylation sites (N-methyl/N-ethyl adjacent to an activating group) is 1. The highest BCUT2D eigenvalue weighted by atomic mass is 19.1. The molecule has 1 N–H and O–H groups in total. The van der Waals surface area contributed by atoms with Crippen LogP contribution in [0.1, 0.15) is 23.6 Å². The molecular weight excluding hydrogens is 319 g/mol. The Labute approximate surface area is 148 Å². The highest BCUT2D eigenvalue weighted by Gasteiger charge is 2.12. The van der Waals surface area contributed by atoms with Gasteiger partial charge >= 0.3 is 0 Å². The van der Waals surface area contributed by atoms with Crippen molar-refractivity contribution < 1.29 is 13.9 Å². The largest absolute Gasteiger partial charge is 0.494 e. The second-order valence-corrected chi connectivity index (χ2v) is 6.14. The fourth-order valence-corrected chi connectivity index (χ4v) is 2.69. The molecule has 0 atom stereocenters. The quantitative estimate of drug-likeness (QED) is 0.828. The molecule has 2 aromatic rings. The molecule has 25 heavy (non-hydrogen) atoms. The number of hydrogen-bond acceptors (Lipinski definition) is 3. The molecule has 0 bridgehead atoms. The van der Waals surface area contributed by atoms with Crippen LogP contribution in [0.2, 0.25) is 0 Å². The molecule has 0 aliphatic heterocycles. The lowest BCUT2D eigenvalue weighted by Crippen LogP contribution is -2.33. The average Bonchev–Trinajstić information content (AvgIpc) is 2.57. The van der Waals surface area contributed by atoms with E-state index < -0.39 is 5.82 Å². The van der Waals surface area contributed by atoms with Crippen LogP contribution < -0.4 is 10.1 Å². The maximum atomic E-state index is 13.8. The molecule has 0 heterocycles. The minimum atomic E-state index is -0.393. The Kier molecular flexibility index (Phi) is 6.53. The van der Waals surface area contributed by atoms with Gasteiger partial charge in [0.15, 0.2) is 11.6 Å². The van der Waals surface area contributed by atoms with Crippen molar-refractivity contribution in [1.29, 1.82) is 0 Å². The van der Waals surface area contributed by atoms with Crippen molar-refractivity contribution in [2.24, 2.45) is 0 Å². The molecular formula is C20H25FN2O2. The van der Waals surface area contributed by atoms with Gasteiger partial charge in [0, 0.05) is 12.2 Å². The van der Waals surface area contributed by atoms with Gasteiger partial charge in [-0.3, -0.25) is 9.69 Å². The maximum absolute atomic E-state index is 13.8. The Hall–Kier alpha value is -2.40. The lowest BCUT2D eigenvalue weighted by Gasteiger charge is -2.20. The van der Waals surface area contributed by atoms with Crippen LogP contribution >= 0.6 is 0 Å². The van der Waals surface area contributed by atoms with Gasteiger partial charge in [-0.25, -0.2) is 4.39 Å². The van der Waals surface area contributed by atoms with Crippen molar-refractivity contribution in [1.82, 2.24) is 4.90 Å². The predicted molar refractivity (Wildman–Crippen MR) is 98.4 cm³/mol. The zero-order valence-corrected chi connectivity index (χ0v) is 15.2. The Morgan fingerprint density at radius 2 is 1.96 bits per heavy atom. The van der Waals surface area contributed by atoms with E-state index in [4.69, 9.17) is 4.74 Å². The van der Waals surface area contributed by atoms with Crippen LogP contribution in [0.3, 0.4) is 0 Å². The molecule has 0 aliphatic rings. The molecule has 2 aromatic carbocycles. The number of halogens is 1. The van der Waals surface area contributed by atoms with Gasteiger partial charge in [0.1, 0.15) is 0 Å². The molecule has 0 fully saturated rings. The van der Waals surface area contributed by atoms with E-state index in [1.54, 1.807) is 6.07 Å². The molecule has 0 saturated heterocycles. The summed E-state index contributed by atoms with van der Waals surface area (Å²) in [4.78, 5) is 14.3. The van der Waals surface area contributed by atoms with Crippen molar-refractivity contribution in [2.45, 2.75) is 27.3 Å². The zero-order chi connectivity index (χ0) is 18.4. The van der Waals surface area contributed by atoms with Gasteiger partial charge in [-0.05, 0) is 49.7 Å². The SMILES string of the molecule is CCN(CC(=O)Nc1ccc(C)cc1C)Cc1ccc(OC)c(F)c1. The third-order valence-corrected chi connectivity index (χ3v) is 4.09. The maximum Gasteiger partial charge on any atom is 0.238 e. The van der Waals surface area contributed by atoms with Crippen molar-refractivity contribution >= 4 is 11.6 Å².